The topological polar surface area (TPSA) is 307 Å². The molecule has 19 heteroatoms. The van der Waals surface area contributed by atoms with E-state index in [-0.39, 0.29) is 18.9 Å². The first-order chi connectivity index (χ1) is 49.8. The molecule has 0 bridgehead atoms. The first kappa shape index (κ1) is 94.5. The highest BCUT2D eigenvalue weighted by molar-refractivity contribution is 5.76. The number of hydrogen-bond donors (Lipinski definition) is 12. The number of carbonyl (C=O) groups excluding carboxylic acids is 1. The van der Waals surface area contributed by atoms with Crippen LogP contribution in [0.4, 0.5) is 0 Å². The van der Waals surface area contributed by atoms with Crippen molar-refractivity contribution in [3.63, 3.8) is 0 Å². The molecule has 0 radical (unpaired) electrons. The molecule has 1 amide bonds. The van der Waals surface area contributed by atoms with E-state index in [2.05, 4.69) is 31.3 Å². The highest BCUT2D eigenvalue weighted by Crippen LogP contribution is 2.33. The van der Waals surface area contributed by atoms with E-state index in [4.69, 9.17) is 28.4 Å². The Balaban J connectivity index is 1.33. The molecule has 3 heterocycles. The molecule has 3 aliphatic heterocycles. The lowest BCUT2D eigenvalue weighted by molar-refractivity contribution is -0.379. The Labute approximate surface area is 619 Å². The number of aliphatic hydroxyl groups excluding tert-OH is 11. The fraction of sp³-hybridized carbons (Fsp3) is 0.940. The van der Waals surface area contributed by atoms with Crippen molar-refractivity contribution in [2.45, 2.75) is 471 Å². The molecule has 17 atom stereocenters. The standard InChI is InChI=1S/C83H157NO18/c1-3-5-7-9-11-13-15-17-19-21-23-25-27-28-29-30-31-32-33-34-35-36-37-38-39-41-43-45-47-49-51-53-55-57-59-61-71(89)84-66(67(88)60-58-56-54-52-50-48-46-44-42-40-26-24-22-20-18-16-14-12-10-8-6-4-2)65-97-81-77(95)74(92)79(69(63-86)99-81)102-83-78(96)75(93)80(70(64-87)100-83)101-82-76(94)73(91)72(90)68(62-85)98-82/h21,23,58,60,66-70,72-83,85-88,90-96H,3-20,22,24-57,59,61-65H2,1-2H3,(H,84,89)/b23-21-,60-58+. The maximum atomic E-state index is 13.5. The Morgan fingerprint density at radius 1 is 0.343 bits per heavy atom. The van der Waals surface area contributed by atoms with E-state index in [1.165, 1.54) is 295 Å². The van der Waals surface area contributed by atoms with Crippen LogP contribution in [0.15, 0.2) is 24.3 Å². The second-order valence-corrected chi connectivity index (χ2v) is 30.6. The Hall–Kier alpha value is -1.73. The summed E-state index contributed by atoms with van der Waals surface area (Å²) < 4.78 is 34.5. The van der Waals surface area contributed by atoms with E-state index < -0.39 is 124 Å². The monoisotopic (exact) mass is 1460 g/mol. The van der Waals surface area contributed by atoms with Gasteiger partial charge in [0.05, 0.1) is 38.6 Å². The molecule has 3 rings (SSSR count). The lowest BCUT2D eigenvalue weighted by atomic mass is 9.96. The van der Waals surface area contributed by atoms with Crippen molar-refractivity contribution in [3.05, 3.63) is 24.3 Å². The van der Waals surface area contributed by atoms with E-state index >= 15 is 0 Å². The van der Waals surface area contributed by atoms with Crippen molar-refractivity contribution in [2.75, 3.05) is 26.4 Å². The van der Waals surface area contributed by atoms with Crippen LogP contribution >= 0.6 is 0 Å². The van der Waals surface area contributed by atoms with Gasteiger partial charge in [-0.3, -0.25) is 4.79 Å². The first-order valence-corrected chi connectivity index (χ1v) is 42.6. The lowest BCUT2D eigenvalue weighted by Gasteiger charge is -2.48. The zero-order valence-electron chi connectivity index (χ0n) is 64.6. The fourth-order valence-electron chi connectivity index (χ4n) is 14.7. The summed E-state index contributed by atoms with van der Waals surface area (Å²) in [5.41, 5.74) is 0. The zero-order valence-corrected chi connectivity index (χ0v) is 64.6. The largest absolute Gasteiger partial charge is 0.394 e. The summed E-state index contributed by atoms with van der Waals surface area (Å²) in [5.74, 6) is -0.267. The number of hydrogen-bond acceptors (Lipinski definition) is 18. The minimum atomic E-state index is -1.98. The van der Waals surface area contributed by atoms with Gasteiger partial charge in [-0.2, -0.15) is 0 Å². The van der Waals surface area contributed by atoms with Gasteiger partial charge in [0, 0.05) is 6.42 Å². The molecule has 17 unspecified atom stereocenters. The Morgan fingerprint density at radius 3 is 0.951 bits per heavy atom. The van der Waals surface area contributed by atoms with E-state index in [1.54, 1.807) is 6.08 Å². The summed E-state index contributed by atoms with van der Waals surface area (Å²) in [5, 5.41) is 121. The third kappa shape index (κ3) is 43.5. The summed E-state index contributed by atoms with van der Waals surface area (Å²) in [6.45, 7) is 1.80. The first-order valence-electron chi connectivity index (χ1n) is 42.6. The second-order valence-electron chi connectivity index (χ2n) is 30.6. The maximum absolute atomic E-state index is 13.5. The number of nitrogens with one attached hydrogen (secondary N) is 1. The van der Waals surface area contributed by atoms with Crippen LogP contribution in [-0.2, 0) is 33.2 Å². The average molecular weight is 1460 g/mol. The molecule has 102 heavy (non-hydrogen) atoms. The molecule has 3 aliphatic rings. The van der Waals surface area contributed by atoms with Crippen LogP contribution in [-0.4, -0.2) is 193 Å². The minimum absolute atomic E-state index is 0.249. The van der Waals surface area contributed by atoms with Crippen molar-refractivity contribution < 1.29 is 89.4 Å². The highest BCUT2D eigenvalue weighted by Gasteiger charge is 2.54. The molecule has 602 valence electrons. The maximum Gasteiger partial charge on any atom is 0.220 e. The van der Waals surface area contributed by atoms with Gasteiger partial charge in [-0.1, -0.05) is 340 Å². The van der Waals surface area contributed by atoms with Crippen molar-refractivity contribution in [1.82, 2.24) is 5.32 Å². The van der Waals surface area contributed by atoms with Gasteiger partial charge >= 0.3 is 0 Å². The summed E-state index contributed by atoms with van der Waals surface area (Å²) in [6, 6.07) is -0.972. The van der Waals surface area contributed by atoms with Crippen LogP contribution in [0.5, 0.6) is 0 Å². The summed E-state index contributed by atoms with van der Waals surface area (Å²) >= 11 is 0. The number of unbranched alkanes of at least 4 members (excludes halogenated alkanes) is 51. The summed E-state index contributed by atoms with van der Waals surface area (Å²) in [7, 11) is 0. The van der Waals surface area contributed by atoms with E-state index in [0.29, 0.717) is 6.42 Å². The quantitative estimate of drug-likeness (QED) is 0.0199. The highest BCUT2D eigenvalue weighted by atomic mass is 16.8. The SMILES string of the molecule is CCCCCCCCCC/C=C\CCCCCCCCCCCCCCCCCCCCCCCCCC(=O)NC(COC1OC(CO)C(OC2OC(CO)C(OC3OC(CO)C(O)C(O)C3O)C(O)C2O)C(O)C1O)C(O)/C=C/CCCCCCCCCCCCCCCCCCCCCC. The van der Waals surface area contributed by atoms with Crippen molar-refractivity contribution in [1.29, 1.82) is 0 Å². The van der Waals surface area contributed by atoms with Crippen LogP contribution in [0.1, 0.15) is 367 Å². The molecule has 0 aromatic carbocycles. The van der Waals surface area contributed by atoms with Crippen LogP contribution in [0.25, 0.3) is 0 Å². The van der Waals surface area contributed by atoms with Crippen LogP contribution in [0.3, 0.4) is 0 Å². The lowest BCUT2D eigenvalue weighted by Crippen LogP contribution is -2.66. The third-order valence-electron chi connectivity index (χ3n) is 21.5. The Kier molecular flexibility index (Phi) is 59.4. The van der Waals surface area contributed by atoms with Gasteiger partial charge in [0.1, 0.15) is 73.2 Å². The van der Waals surface area contributed by atoms with Gasteiger partial charge in [-0.15, -0.1) is 0 Å². The normalized spacial score (nSPS) is 26.2. The molecule has 3 saturated heterocycles. The number of aliphatic hydroxyl groups is 11. The Morgan fingerprint density at radius 2 is 0.618 bits per heavy atom. The number of ether oxygens (including phenoxy) is 6. The molecule has 0 aromatic heterocycles. The minimum Gasteiger partial charge on any atom is -0.394 e. The number of amides is 1. The molecule has 0 spiro atoms. The molecular formula is C83H157NO18. The molecular weight excluding hydrogens is 1300 g/mol. The molecule has 0 saturated carbocycles. The third-order valence-corrected chi connectivity index (χ3v) is 21.5. The van der Waals surface area contributed by atoms with Gasteiger partial charge < -0.3 is 89.9 Å². The van der Waals surface area contributed by atoms with Gasteiger partial charge in [-0.25, -0.2) is 0 Å². The van der Waals surface area contributed by atoms with Crippen LogP contribution < -0.4 is 5.32 Å². The smallest absolute Gasteiger partial charge is 0.220 e. The molecule has 0 aromatic rings. The predicted molar refractivity (Wildman–Crippen MR) is 406 cm³/mol. The number of rotatable bonds is 69. The molecule has 12 N–H and O–H groups in total. The number of allylic oxidation sites excluding steroid dienone is 3. The van der Waals surface area contributed by atoms with Gasteiger partial charge in [0.15, 0.2) is 18.9 Å². The van der Waals surface area contributed by atoms with E-state index in [1.807, 2.05) is 6.08 Å². The molecule has 3 fully saturated rings. The second kappa shape index (κ2) is 64.1. The van der Waals surface area contributed by atoms with Gasteiger partial charge in [0.25, 0.3) is 0 Å². The Bertz CT molecular complexity index is 1940. The predicted octanol–water partition coefficient (Wildman–Crippen LogP) is 14.9. The summed E-state index contributed by atoms with van der Waals surface area (Å²) in [4.78, 5) is 13.5. The van der Waals surface area contributed by atoms with Crippen molar-refractivity contribution in [3.8, 4) is 0 Å². The molecule has 19 nitrogen and oxygen atoms in total. The van der Waals surface area contributed by atoms with Crippen LogP contribution in [0, 0.1) is 0 Å². The van der Waals surface area contributed by atoms with Crippen LogP contribution in [0.2, 0.25) is 0 Å². The van der Waals surface area contributed by atoms with Gasteiger partial charge in [0.2, 0.25) is 5.91 Å². The van der Waals surface area contributed by atoms with Crippen molar-refractivity contribution >= 4 is 5.91 Å². The molecule has 0 aliphatic carbocycles. The number of carbonyl (C=O) groups is 1. The zero-order chi connectivity index (χ0) is 73.9. The van der Waals surface area contributed by atoms with E-state index in [9.17, 15) is 61.0 Å². The average Bonchev–Trinajstić information content (AvgIpc) is 0.781. The van der Waals surface area contributed by atoms with Gasteiger partial charge in [-0.05, 0) is 44.9 Å². The van der Waals surface area contributed by atoms with E-state index in [0.717, 1.165) is 44.9 Å². The summed E-state index contributed by atoms with van der Waals surface area (Å²) in [6.07, 6.45) is 51.8. The van der Waals surface area contributed by atoms with Crippen molar-refractivity contribution in [2.24, 2.45) is 0 Å². The fourth-order valence-corrected chi connectivity index (χ4v) is 14.7.